The lowest BCUT2D eigenvalue weighted by molar-refractivity contribution is -0.437. The molecule has 0 unspecified atom stereocenters. The highest BCUT2D eigenvalue weighted by molar-refractivity contribution is 7.86. The van der Waals surface area contributed by atoms with Gasteiger partial charge in [0, 0.05) is 102 Å². The van der Waals surface area contributed by atoms with E-state index >= 15 is 0 Å². The van der Waals surface area contributed by atoms with Gasteiger partial charge in [-0.3, -0.25) is 9.11 Å². The summed E-state index contributed by atoms with van der Waals surface area (Å²) < 4.78 is 104. The van der Waals surface area contributed by atoms with Crippen LogP contribution in [0.3, 0.4) is 0 Å². The Morgan fingerprint density at radius 1 is 0.717 bits per heavy atom. The summed E-state index contributed by atoms with van der Waals surface area (Å²) in [7, 11) is -5.22. The molecule has 2 aliphatic rings. The summed E-state index contributed by atoms with van der Waals surface area (Å²) in [5.41, 5.74) is 3.54. The van der Waals surface area contributed by atoms with E-state index in [1.54, 1.807) is 54.8 Å². The number of hydrogen-bond acceptors (Lipinski definition) is 11. The highest BCUT2D eigenvalue weighted by Crippen LogP contribution is 2.49. The maximum absolute atomic E-state index is 12.2. The molecule has 2 aromatic rings. The van der Waals surface area contributed by atoms with Crippen LogP contribution in [0.1, 0.15) is 51.7 Å². The van der Waals surface area contributed by atoms with E-state index in [2.05, 4.69) is 9.48 Å². The third kappa shape index (κ3) is 8.63. The average molecular weight is 814 g/mol. The molecule has 0 saturated carbocycles. The zero-order valence-electron chi connectivity index (χ0n) is 32.1. The molecule has 18 heteroatoms. The van der Waals surface area contributed by atoms with Gasteiger partial charge < -0.3 is 31.5 Å². The van der Waals surface area contributed by atoms with Gasteiger partial charge in [-0.25, -0.2) is 0 Å². The smallest absolute Gasteiger partial charge is 0.377 e. The largest absolute Gasteiger partial charge is 0.500 e. The summed E-state index contributed by atoms with van der Waals surface area (Å²) in [6.07, 6.45) is 7.20. The van der Waals surface area contributed by atoms with Crippen LogP contribution in [-0.4, -0.2) is 110 Å². The van der Waals surface area contributed by atoms with Crippen LogP contribution < -0.4 is 4.90 Å². The Bertz CT molecular complexity index is 1970. The summed E-state index contributed by atoms with van der Waals surface area (Å²) in [6.45, 7) is 9.08. The van der Waals surface area contributed by atoms with Crippen molar-refractivity contribution in [3.63, 3.8) is 0 Å². The molecule has 2 aromatic carbocycles. The number of rotatable bonds is 18. The van der Waals surface area contributed by atoms with Crippen molar-refractivity contribution in [2.45, 2.75) is 73.2 Å². The van der Waals surface area contributed by atoms with E-state index < -0.39 is 48.7 Å². The van der Waals surface area contributed by atoms with Gasteiger partial charge in [-0.15, -0.1) is 0 Å². The molecule has 0 spiro atoms. The number of fused-ring (bicyclic) bond motifs is 2. The van der Waals surface area contributed by atoms with Crippen molar-refractivity contribution in [1.29, 1.82) is 0 Å². The Balaban J connectivity index is 1.81. The van der Waals surface area contributed by atoms with Crippen LogP contribution in [-0.2, 0) is 57.6 Å². The molecule has 4 rings (SSSR count). The maximum atomic E-state index is 12.2. The van der Waals surface area contributed by atoms with Crippen molar-refractivity contribution in [2.75, 3.05) is 60.6 Å². The molecule has 0 amide bonds. The van der Waals surface area contributed by atoms with E-state index in [1.165, 1.54) is 24.3 Å². The fraction of sp³-hybridized carbons (Fsp3) is 0.514. The number of nitrogens with zero attached hydrogens (tertiary/aromatic N) is 2. The van der Waals surface area contributed by atoms with E-state index in [0.717, 1.165) is 33.9 Å². The molecule has 2 heterocycles. The number of hydrogen-bond donors (Lipinski definition) is 2. The fourth-order valence-electron chi connectivity index (χ4n) is 7.36. The molecule has 14 nitrogen and oxygen atoms in total. The third-order valence-electron chi connectivity index (χ3n) is 10.4. The Morgan fingerprint density at radius 2 is 1.21 bits per heavy atom. The molecular weight excluding hydrogens is 761 g/mol. The van der Waals surface area contributed by atoms with Crippen molar-refractivity contribution in [2.24, 2.45) is 0 Å². The molecule has 0 aliphatic carbocycles. The van der Waals surface area contributed by atoms with Crippen LogP contribution in [0.25, 0.3) is 0 Å². The first-order valence-corrected chi connectivity index (χ1v) is 23.8. The first-order chi connectivity index (χ1) is 24.7. The fourth-order valence-corrected chi connectivity index (χ4v) is 11.8. The van der Waals surface area contributed by atoms with E-state index in [0.29, 0.717) is 38.0 Å². The first-order valence-electron chi connectivity index (χ1n) is 17.1. The predicted molar refractivity (Wildman–Crippen MR) is 205 cm³/mol. The Hall–Kier alpha value is -2.60. The van der Waals surface area contributed by atoms with Gasteiger partial charge in [-0.1, -0.05) is 19.9 Å². The Labute approximate surface area is 316 Å². The van der Waals surface area contributed by atoms with Crippen LogP contribution in [0, 0.1) is 0 Å². The second-order valence-corrected chi connectivity index (χ2v) is 23.0. The van der Waals surface area contributed by atoms with E-state index in [1.807, 2.05) is 45.9 Å². The number of anilines is 1. The topological polar surface area (TPSA) is 170 Å². The minimum Gasteiger partial charge on any atom is -0.377 e. The van der Waals surface area contributed by atoms with Gasteiger partial charge in [0.1, 0.15) is 6.54 Å². The molecule has 2 N–H and O–H groups in total. The first kappa shape index (κ1) is 43.1. The lowest BCUT2D eigenvalue weighted by atomic mass is 9.81. The molecule has 0 atom stereocenters. The highest BCUT2D eigenvalue weighted by Gasteiger charge is 2.46. The SMILES string of the molecule is CO[Si](CCCN1/C(=C/C=C/C2=[N+](CCC[Si](OC)(OC)OC)c3ccc(S(=O)(=O)O)cc3C2(C)C)C(C)(C)c2cc(S(=O)(=O)O)ccc21)(OC)OC. The van der Waals surface area contributed by atoms with Gasteiger partial charge in [0.15, 0.2) is 5.71 Å². The van der Waals surface area contributed by atoms with E-state index in [9.17, 15) is 25.9 Å². The zero-order chi connectivity index (χ0) is 39.6. The summed E-state index contributed by atoms with van der Waals surface area (Å²) in [6, 6.07) is 10.3. The minimum atomic E-state index is -4.44. The van der Waals surface area contributed by atoms with E-state index in [-0.39, 0.29) is 9.79 Å². The van der Waals surface area contributed by atoms with Crippen LogP contribution in [0.15, 0.2) is 70.1 Å². The average Bonchev–Trinajstić information content (AvgIpc) is 3.46. The van der Waals surface area contributed by atoms with Gasteiger partial charge in [0.2, 0.25) is 5.69 Å². The molecule has 0 saturated heterocycles. The standard InChI is InChI=1S/C35H52N2O12S2Si2/c1-34(2)28-24-26(50(38,39)40)16-18-30(28)36(20-12-22-52(44-5,45-6)46-7)32(34)14-11-15-33-35(3,4)29-25-27(51(41,42)43)17-19-31(29)37(33)21-13-23-53(47-8,48-9)49-10/h11,14-19,24-25H,12-13,20-23H2,1-10H3,(H-,38,39,40,41,42,43)/p+1. The van der Waals surface area contributed by atoms with Crippen LogP contribution >= 0.6 is 0 Å². The normalized spacial score (nSPS) is 18.0. The second kappa shape index (κ2) is 16.2. The van der Waals surface area contributed by atoms with Gasteiger partial charge in [0.05, 0.1) is 15.2 Å². The van der Waals surface area contributed by atoms with Crippen molar-refractivity contribution in [3.05, 3.63) is 71.5 Å². The number of allylic oxidation sites excluding steroid dienone is 4. The van der Waals surface area contributed by atoms with Crippen LogP contribution in [0.5, 0.6) is 0 Å². The van der Waals surface area contributed by atoms with E-state index in [4.69, 9.17) is 26.6 Å². The predicted octanol–water partition coefficient (Wildman–Crippen LogP) is 5.33. The Kier molecular flexibility index (Phi) is 13.2. The van der Waals surface area contributed by atoms with Crippen molar-refractivity contribution < 1.29 is 57.1 Å². The minimum absolute atomic E-state index is 0.186. The Morgan fingerprint density at radius 3 is 1.72 bits per heavy atom. The van der Waals surface area contributed by atoms with Crippen LogP contribution in [0.4, 0.5) is 11.4 Å². The lowest BCUT2D eigenvalue weighted by Gasteiger charge is -2.29. The van der Waals surface area contributed by atoms with Crippen molar-refractivity contribution in [3.8, 4) is 0 Å². The summed E-state index contributed by atoms with van der Waals surface area (Å²) in [4.78, 5) is 1.76. The van der Waals surface area contributed by atoms with Gasteiger partial charge >= 0.3 is 17.6 Å². The molecule has 0 radical (unpaired) electrons. The molecule has 0 aromatic heterocycles. The lowest BCUT2D eigenvalue weighted by Crippen LogP contribution is -2.43. The van der Waals surface area contributed by atoms with Crippen molar-refractivity contribution >= 4 is 54.9 Å². The highest BCUT2D eigenvalue weighted by atomic mass is 32.2. The van der Waals surface area contributed by atoms with Gasteiger partial charge in [0.25, 0.3) is 20.2 Å². The molecule has 2 aliphatic heterocycles. The maximum Gasteiger partial charge on any atom is 0.500 e. The van der Waals surface area contributed by atoms with Gasteiger partial charge in [-0.2, -0.15) is 21.4 Å². The van der Waals surface area contributed by atoms with Gasteiger partial charge in [-0.05, 0) is 62.2 Å². The number of benzene rings is 2. The molecule has 0 fully saturated rings. The molecular formula is C35H53N2O12S2Si2+. The third-order valence-corrected chi connectivity index (χ3v) is 17.8. The zero-order valence-corrected chi connectivity index (χ0v) is 35.8. The summed E-state index contributed by atoms with van der Waals surface area (Å²) in [5.74, 6) is 0. The van der Waals surface area contributed by atoms with Crippen LogP contribution in [0.2, 0.25) is 12.1 Å². The van der Waals surface area contributed by atoms with Crippen molar-refractivity contribution in [1.82, 2.24) is 0 Å². The summed E-state index contributed by atoms with van der Waals surface area (Å²) >= 11 is 0. The quantitative estimate of drug-likeness (QED) is 0.113. The monoisotopic (exact) mass is 813 g/mol. The molecule has 294 valence electrons. The summed E-state index contributed by atoms with van der Waals surface area (Å²) in [5, 5.41) is 0. The molecule has 0 bridgehead atoms. The molecule has 53 heavy (non-hydrogen) atoms. The second-order valence-electron chi connectivity index (χ2n) is 14.0.